The number of amides is 1. The number of benzene rings is 3. The van der Waals surface area contributed by atoms with Gasteiger partial charge in [0, 0.05) is 69.7 Å². The molecule has 5 rings (SSSR count). The second-order valence-electron chi connectivity index (χ2n) is 9.37. The number of methoxy groups -OCH3 is 1. The van der Waals surface area contributed by atoms with Gasteiger partial charge < -0.3 is 24.3 Å². The first kappa shape index (κ1) is 25.3. The molecule has 2 fully saturated rings. The van der Waals surface area contributed by atoms with E-state index in [-0.39, 0.29) is 16.5 Å². The Bertz CT molecular complexity index is 1320. The summed E-state index contributed by atoms with van der Waals surface area (Å²) in [5.41, 5.74) is 2.92. The number of hydrogen-bond donors (Lipinski definition) is 0. The van der Waals surface area contributed by atoms with Crippen molar-refractivity contribution < 1.29 is 18.8 Å². The zero-order valence-electron chi connectivity index (χ0n) is 21.3. The number of hydrogen-bond acceptors (Lipinski definition) is 7. The second-order valence-corrected chi connectivity index (χ2v) is 9.37. The van der Waals surface area contributed by atoms with Gasteiger partial charge in [-0.05, 0) is 42.5 Å². The number of carbonyl (C=O) groups excluding carboxylic acids is 1. The lowest BCUT2D eigenvalue weighted by atomic mass is 10.1. The first-order valence-electron chi connectivity index (χ1n) is 12.7. The van der Waals surface area contributed by atoms with Crippen molar-refractivity contribution in [1.82, 2.24) is 4.90 Å². The van der Waals surface area contributed by atoms with Gasteiger partial charge in [-0.25, -0.2) is 4.39 Å². The largest absolute Gasteiger partial charge is 0.495 e. The van der Waals surface area contributed by atoms with Crippen molar-refractivity contribution in [2.45, 2.75) is 0 Å². The summed E-state index contributed by atoms with van der Waals surface area (Å²) in [7, 11) is 1.65. The quantitative estimate of drug-likeness (QED) is 0.359. The minimum absolute atomic E-state index is 0.0828. The molecule has 0 aliphatic carbocycles. The molecule has 3 aromatic carbocycles. The monoisotopic (exact) mass is 519 g/mol. The Morgan fingerprint density at radius 1 is 0.816 bits per heavy atom. The third kappa shape index (κ3) is 5.20. The highest BCUT2D eigenvalue weighted by Crippen LogP contribution is 2.35. The van der Waals surface area contributed by atoms with E-state index in [1.807, 2.05) is 30.3 Å². The first-order chi connectivity index (χ1) is 18.4. The van der Waals surface area contributed by atoms with Crippen LogP contribution in [0.2, 0.25) is 0 Å². The molecule has 38 heavy (non-hydrogen) atoms. The smallest absolute Gasteiger partial charge is 0.292 e. The number of piperazine rings is 2. The number of rotatable bonds is 6. The summed E-state index contributed by atoms with van der Waals surface area (Å²) < 4.78 is 19.1. The maximum absolute atomic E-state index is 13.6. The van der Waals surface area contributed by atoms with Crippen LogP contribution in [0.25, 0.3) is 0 Å². The van der Waals surface area contributed by atoms with Gasteiger partial charge in [0.25, 0.3) is 11.6 Å². The molecule has 1 amide bonds. The van der Waals surface area contributed by atoms with Crippen LogP contribution < -0.4 is 19.4 Å². The third-order valence-corrected chi connectivity index (χ3v) is 7.21. The Labute approximate surface area is 220 Å². The summed E-state index contributed by atoms with van der Waals surface area (Å²) in [6.45, 7) is 4.83. The lowest BCUT2D eigenvalue weighted by Gasteiger charge is -2.39. The number of para-hydroxylation sites is 2. The summed E-state index contributed by atoms with van der Waals surface area (Å²) in [5, 5.41) is 11.9. The molecule has 3 aromatic rings. The Morgan fingerprint density at radius 3 is 2.13 bits per heavy atom. The van der Waals surface area contributed by atoms with Gasteiger partial charge in [-0.2, -0.15) is 0 Å². The maximum atomic E-state index is 13.6. The van der Waals surface area contributed by atoms with Crippen molar-refractivity contribution in [3.8, 4) is 5.75 Å². The van der Waals surface area contributed by atoms with Gasteiger partial charge in [-0.15, -0.1) is 0 Å². The standard InChI is InChI=1S/C28H30FN5O4/c1-38-27-8-3-2-7-25(27)31-13-15-32(16-14-31)26-20-23(9-10-24(26)34(36)37)30-11-17-33(18-12-30)28(35)21-5-4-6-22(29)19-21/h2-10,19-20H,11-18H2,1H3. The van der Waals surface area contributed by atoms with Gasteiger partial charge in [0.15, 0.2) is 0 Å². The van der Waals surface area contributed by atoms with Crippen LogP contribution in [0.15, 0.2) is 66.7 Å². The second kappa shape index (κ2) is 11.0. The van der Waals surface area contributed by atoms with Gasteiger partial charge in [0.2, 0.25) is 0 Å². The normalized spacial score (nSPS) is 15.9. The summed E-state index contributed by atoms with van der Waals surface area (Å²) in [4.78, 5) is 32.5. The predicted octanol–water partition coefficient (Wildman–Crippen LogP) is 4.03. The number of nitro groups is 1. The molecule has 0 bridgehead atoms. The molecule has 0 N–H and O–H groups in total. The Balaban J connectivity index is 1.28. The summed E-state index contributed by atoms with van der Waals surface area (Å²) in [6.07, 6.45) is 0. The van der Waals surface area contributed by atoms with Gasteiger partial charge in [-0.1, -0.05) is 18.2 Å². The molecule has 0 atom stereocenters. The molecule has 2 aliphatic rings. The Kier molecular flexibility index (Phi) is 7.30. The predicted molar refractivity (Wildman–Crippen MR) is 145 cm³/mol. The Hall–Kier alpha value is -4.34. The molecule has 0 aromatic heterocycles. The molecular weight excluding hydrogens is 489 g/mol. The topological polar surface area (TPSA) is 82.4 Å². The molecule has 0 saturated carbocycles. The van der Waals surface area contributed by atoms with Crippen molar-refractivity contribution >= 4 is 28.7 Å². The van der Waals surface area contributed by atoms with Crippen LogP contribution in [0.3, 0.4) is 0 Å². The first-order valence-corrected chi connectivity index (χ1v) is 12.7. The number of carbonyl (C=O) groups is 1. The lowest BCUT2D eigenvalue weighted by Crippen LogP contribution is -2.49. The summed E-state index contributed by atoms with van der Waals surface area (Å²) in [6, 6.07) is 18.8. The molecule has 2 saturated heterocycles. The molecule has 0 radical (unpaired) electrons. The molecule has 10 heteroatoms. The molecule has 0 unspecified atom stereocenters. The van der Waals surface area contributed by atoms with Gasteiger partial charge in [0.1, 0.15) is 17.3 Å². The number of anilines is 3. The summed E-state index contributed by atoms with van der Waals surface area (Å²) in [5.74, 6) is 0.182. The number of ether oxygens (including phenoxy) is 1. The molecule has 2 aliphatic heterocycles. The molecule has 2 heterocycles. The zero-order chi connectivity index (χ0) is 26.6. The molecular formula is C28H30FN5O4. The maximum Gasteiger partial charge on any atom is 0.292 e. The average molecular weight is 520 g/mol. The minimum atomic E-state index is -0.434. The van der Waals surface area contributed by atoms with Gasteiger partial charge >= 0.3 is 0 Å². The zero-order valence-corrected chi connectivity index (χ0v) is 21.3. The van der Waals surface area contributed by atoms with Crippen molar-refractivity contribution in [1.29, 1.82) is 0 Å². The number of nitrogens with zero attached hydrogens (tertiary/aromatic N) is 5. The fourth-order valence-corrected chi connectivity index (χ4v) is 5.17. The van der Waals surface area contributed by atoms with Crippen LogP contribution in [0.4, 0.5) is 27.1 Å². The fourth-order valence-electron chi connectivity index (χ4n) is 5.17. The van der Waals surface area contributed by atoms with Crippen LogP contribution in [0, 0.1) is 15.9 Å². The van der Waals surface area contributed by atoms with Crippen LogP contribution in [0.5, 0.6) is 5.75 Å². The van der Waals surface area contributed by atoms with Crippen molar-refractivity contribution in [2.24, 2.45) is 0 Å². The van der Waals surface area contributed by atoms with E-state index in [0.717, 1.165) is 17.1 Å². The van der Waals surface area contributed by atoms with E-state index in [1.165, 1.54) is 18.2 Å². The Morgan fingerprint density at radius 2 is 1.47 bits per heavy atom. The number of halogens is 1. The average Bonchev–Trinajstić information content (AvgIpc) is 2.96. The SMILES string of the molecule is COc1ccccc1N1CCN(c2cc(N3CCN(C(=O)c4cccc(F)c4)CC3)ccc2[N+](=O)[O-])CC1. The van der Waals surface area contributed by atoms with Crippen molar-refractivity contribution in [2.75, 3.05) is 74.2 Å². The van der Waals surface area contributed by atoms with Crippen molar-refractivity contribution in [3.63, 3.8) is 0 Å². The summed E-state index contributed by atoms with van der Waals surface area (Å²) >= 11 is 0. The minimum Gasteiger partial charge on any atom is -0.495 e. The van der Waals surface area contributed by atoms with Crippen LogP contribution in [-0.2, 0) is 0 Å². The van der Waals surface area contributed by atoms with Gasteiger partial charge in [-0.3, -0.25) is 14.9 Å². The highest BCUT2D eigenvalue weighted by molar-refractivity contribution is 5.94. The number of nitro benzene ring substituents is 1. The van der Waals surface area contributed by atoms with Crippen LogP contribution >= 0.6 is 0 Å². The van der Waals surface area contributed by atoms with E-state index in [1.54, 1.807) is 30.2 Å². The fraction of sp³-hybridized carbons (Fsp3) is 0.321. The van der Waals surface area contributed by atoms with E-state index in [4.69, 9.17) is 4.74 Å². The third-order valence-electron chi connectivity index (χ3n) is 7.21. The highest BCUT2D eigenvalue weighted by atomic mass is 19.1. The molecule has 9 nitrogen and oxygen atoms in total. The van der Waals surface area contributed by atoms with E-state index in [0.29, 0.717) is 63.6 Å². The van der Waals surface area contributed by atoms with E-state index in [2.05, 4.69) is 14.7 Å². The van der Waals surface area contributed by atoms with E-state index in [9.17, 15) is 19.3 Å². The lowest BCUT2D eigenvalue weighted by molar-refractivity contribution is -0.384. The van der Waals surface area contributed by atoms with Crippen LogP contribution in [0.1, 0.15) is 10.4 Å². The molecule has 0 spiro atoms. The van der Waals surface area contributed by atoms with Crippen LogP contribution in [-0.4, -0.2) is 75.2 Å². The van der Waals surface area contributed by atoms with E-state index < -0.39 is 5.82 Å². The van der Waals surface area contributed by atoms with E-state index >= 15 is 0 Å². The van der Waals surface area contributed by atoms with Crippen molar-refractivity contribution in [3.05, 3.63) is 88.2 Å². The van der Waals surface area contributed by atoms with Gasteiger partial charge in [0.05, 0.1) is 17.7 Å². The molecule has 198 valence electrons. The highest BCUT2D eigenvalue weighted by Gasteiger charge is 2.28.